The van der Waals surface area contributed by atoms with Crippen molar-refractivity contribution < 1.29 is 4.79 Å². The standard InChI is InChI=1S/C15H18ClNO/c16-12-3-1-11(2-4-12)15(18)9-10-7-13-5-6-14(8-10)17-13/h1-4,10,13-14,17H,5-9H2/t10-,13+,14-. The van der Waals surface area contributed by atoms with Gasteiger partial charge in [-0.1, -0.05) is 11.6 Å². The number of ketones is 1. The Labute approximate surface area is 113 Å². The second-order valence-corrected chi connectivity index (χ2v) is 6.05. The Balaban J connectivity index is 1.62. The van der Waals surface area contributed by atoms with Crippen molar-refractivity contribution in [3.8, 4) is 0 Å². The summed E-state index contributed by atoms with van der Waals surface area (Å²) in [4.78, 5) is 12.2. The predicted octanol–water partition coefficient (Wildman–Crippen LogP) is 3.44. The summed E-state index contributed by atoms with van der Waals surface area (Å²) in [6.45, 7) is 0. The zero-order chi connectivity index (χ0) is 12.5. The van der Waals surface area contributed by atoms with Gasteiger partial charge in [0.15, 0.2) is 5.78 Å². The molecule has 2 heterocycles. The molecule has 2 aliphatic heterocycles. The Morgan fingerprint density at radius 3 is 2.39 bits per heavy atom. The van der Waals surface area contributed by atoms with Crippen molar-refractivity contribution in [1.82, 2.24) is 5.32 Å². The van der Waals surface area contributed by atoms with Crippen LogP contribution >= 0.6 is 11.6 Å². The summed E-state index contributed by atoms with van der Waals surface area (Å²) in [6.07, 6.45) is 5.59. The minimum Gasteiger partial charge on any atom is -0.311 e. The first kappa shape index (κ1) is 12.2. The first-order valence-corrected chi connectivity index (χ1v) is 7.13. The topological polar surface area (TPSA) is 29.1 Å². The van der Waals surface area contributed by atoms with Gasteiger partial charge in [0.25, 0.3) is 0 Å². The van der Waals surface area contributed by atoms with Crippen LogP contribution in [0.25, 0.3) is 0 Å². The monoisotopic (exact) mass is 263 g/mol. The first-order chi connectivity index (χ1) is 8.70. The van der Waals surface area contributed by atoms with Crippen LogP contribution in [0.4, 0.5) is 0 Å². The molecule has 1 aromatic rings. The molecule has 3 rings (SSSR count). The van der Waals surface area contributed by atoms with Crippen LogP contribution in [0.5, 0.6) is 0 Å². The Hall–Kier alpha value is -0.860. The van der Waals surface area contributed by atoms with E-state index in [1.54, 1.807) is 12.1 Å². The first-order valence-electron chi connectivity index (χ1n) is 6.75. The molecule has 0 unspecified atom stereocenters. The van der Waals surface area contributed by atoms with Crippen LogP contribution in [0.1, 0.15) is 42.5 Å². The van der Waals surface area contributed by atoms with Gasteiger partial charge in [0.2, 0.25) is 0 Å². The summed E-state index contributed by atoms with van der Waals surface area (Å²) in [5.41, 5.74) is 0.797. The van der Waals surface area contributed by atoms with E-state index in [1.807, 2.05) is 12.1 Å². The van der Waals surface area contributed by atoms with Crippen molar-refractivity contribution in [2.75, 3.05) is 0 Å². The highest BCUT2D eigenvalue weighted by Gasteiger charge is 2.34. The summed E-state index contributed by atoms with van der Waals surface area (Å²) in [5, 5.41) is 4.30. The number of benzene rings is 1. The van der Waals surface area contributed by atoms with Crippen molar-refractivity contribution in [2.24, 2.45) is 5.92 Å². The van der Waals surface area contributed by atoms with Crippen LogP contribution in [0.3, 0.4) is 0 Å². The molecule has 3 heteroatoms. The van der Waals surface area contributed by atoms with Crippen molar-refractivity contribution in [3.05, 3.63) is 34.9 Å². The molecule has 0 aliphatic carbocycles. The van der Waals surface area contributed by atoms with Crippen LogP contribution in [0, 0.1) is 5.92 Å². The fourth-order valence-electron chi connectivity index (χ4n) is 3.36. The lowest BCUT2D eigenvalue weighted by atomic mass is 9.87. The Morgan fingerprint density at radius 2 is 1.78 bits per heavy atom. The van der Waals surface area contributed by atoms with E-state index in [0.717, 1.165) is 18.4 Å². The van der Waals surface area contributed by atoms with Gasteiger partial charge in [-0.25, -0.2) is 0 Å². The minimum absolute atomic E-state index is 0.262. The second-order valence-electron chi connectivity index (χ2n) is 5.61. The zero-order valence-corrected chi connectivity index (χ0v) is 11.1. The zero-order valence-electron chi connectivity index (χ0n) is 10.4. The molecular weight excluding hydrogens is 246 g/mol. The maximum Gasteiger partial charge on any atom is 0.163 e. The molecule has 1 N–H and O–H groups in total. The maximum absolute atomic E-state index is 12.2. The third kappa shape index (κ3) is 2.60. The van der Waals surface area contributed by atoms with E-state index < -0.39 is 0 Å². The SMILES string of the molecule is O=C(C[C@H]1C[C@H]2CC[C@@H](C1)N2)c1ccc(Cl)cc1. The number of carbonyl (C=O) groups is 1. The number of hydrogen-bond donors (Lipinski definition) is 1. The molecule has 18 heavy (non-hydrogen) atoms. The van der Waals surface area contributed by atoms with Gasteiger partial charge in [-0.2, -0.15) is 0 Å². The second kappa shape index (κ2) is 5.02. The number of carbonyl (C=O) groups excluding carboxylic acids is 1. The molecule has 0 spiro atoms. The lowest BCUT2D eigenvalue weighted by molar-refractivity contribution is 0.0945. The van der Waals surface area contributed by atoms with Gasteiger partial charge in [-0.3, -0.25) is 4.79 Å². The summed E-state index contributed by atoms with van der Waals surface area (Å²) >= 11 is 5.84. The van der Waals surface area contributed by atoms with Crippen molar-refractivity contribution >= 4 is 17.4 Å². The van der Waals surface area contributed by atoms with E-state index in [4.69, 9.17) is 11.6 Å². The van der Waals surface area contributed by atoms with Gasteiger partial charge in [0, 0.05) is 29.1 Å². The van der Waals surface area contributed by atoms with Gasteiger partial charge in [0.05, 0.1) is 0 Å². The molecule has 3 atom stereocenters. The molecule has 0 amide bonds. The third-order valence-electron chi connectivity index (χ3n) is 4.21. The van der Waals surface area contributed by atoms with Gasteiger partial charge in [-0.15, -0.1) is 0 Å². The molecule has 0 radical (unpaired) electrons. The number of Topliss-reactive ketones (excluding diaryl/α,β-unsaturated/α-hetero) is 1. The van der Waals surface area contributed by atoms with E-state index in [9.17, 15) is 4.79 Å². The summed E-state index contributed by atoms with van der Waals surface area (Å²) in [7, 11) is 0. The average Bonchev–Trinajstić information content (AvgIpc) is 2.69. The quantitative estimate of drug-likeness (QED) is 0.847. The van der Waals surface area contributed by atoms with Gasteiger partial charge in [0.1, 0.15) is 0 Å². The molecular formula is C15H18ClNO. The van der Waals surface area contributed by atoms with Crippen LogP contribution < -0.4 is 5.32 Å². The summed E-state index contributed by atoms with van der Waals surface area (Å²) < 4.78 is 0. The van der Waals surface area contributed by atoms with Gasteiger partial charge >= 0.3 is 0 Å². The van der Waals surface area contributed by atoms with Crippen LogP contribution in [0.2, 0.25) is 5.02 Å². The van der Waals surface area contributed by atoms with Gasteiger partial charge < -0.3 is 5.32 Å². The molecule has 2 aliphatic rings. The normalized spacial score (nSPS) is 30.4. The highest BCUT2D eigenvalue weighted by atomic mass is 35.5. The van der Waals surface area contributed by atoms with Crippen molar-refractivity contribution in [3.63, 3.8) is 0 Å². The van der Waals surface area contributed by atoms with E-state index >= 15 is 0 Å². The molecule has 0 aromatic heterocycles. The van der Waals surface area contributed by atoms with Crippen LogP contribution in [-0.2, 0) is 0 Å². The smallest absolute Gasteiger partial charge is 0.163 e. The molecule has 2 fully saturated rings. The number of hydrogen-bond acceptors (Lipinski definition) is 2. The average molecular weight is 264 g/mol. The number of rotatable bonds is 3. The fourth-order valence-corrected chi connectivity index (χ4v) is 3.48. The molecule has 0 saturated carbocycles. The Morgan fingerprint density at radius 1 is 1.17 bits per heavy atom. The third-order valence-corrected chi connectivity index (χ3v) is 4.46. The van der Waals surface area contributed by atoms with Crippen molar-refractivity contribution in [1.29, 1.82) is 0 Å². The highest BCUT2D eigenvalue weighted by Crippen LogP contribution is 2.33. The maximum atomic E-state index is 12.2. The molecule has 1 aromatic carbocycles. The van der Waals surface area contributed by atoms with E-state index in [1.165, 1.54) is 12.8 Å². The number of piperidine rings is 1. The molecule has 2 bridgehead atoms. The number of halogens is 1. The van der Waals surface area contributed by atoms with Gasteiger partial charge in [-0.05, 0) is 55.9 Å². The van der Waals surface area contributed by atoms with E-state index in [2.05, 4.69) is 5.32 Å². The number of nitrogens with one attached hydrogen (secondary N) is 1. The lowest BCUT2D eigenvalue weighted by Crippen LogP contribution is -2.38. The molecule has 2 saturated heterocycles. The van der Waals surface area contributed by atoms with E-state index in [0.29, 0.717) is 29.4 Å². The predicted molar refractivity (Wildman–Crippen MR) is 73.1 cm³/mol. The lowest BCUT2D eigenvalue weighted by Gasteiger charge is -2.28. The minimum atomic E-state index is 0.262. The largest absolute Gasteiger partial charge is 0.311 e. The molecule has 2 nitrogen and oxygen atoms in total. The van der Waals surface area contributed by atoms with Crippen LogP contribution in [0.15, 0.2) is 24.3 Å². The Kier molecular flexibility index (Phi) is 3.40. The number of fused-ring (bicyclic) bond motifs is 2. The summed E-state index contributed by atoms with van der Waals surface area (Å²) in [5.74, 6) is 0.824. The molecule has 96 valence electrons. The van der Waals surface area contributed by atoms with Crippen molar-refractivity contribution in [2.45, 2.75) is 44.2 Å². The van der Waals surface area contributed by atoms with E-state index in [-0.39, 0.29) is 5.78 Å². The highest BCUT2D eigenvalue weighted by molar-refractivity contribution is 6.30. The Bertz CT molecular complexity index is 430. The summed E-state index contributed by atoms with van der Waals surface area (Å²) in [6, 6.07) is 8.57. The van der Waals surface area contributed by atoms with Crippen LogP contribution in [-0.4, -0.2) is 17.9 Å². The fraction of sp³-hybridized carbons (Fsp3) is 0.533.